The average Bonchev–Trinajstić information content (AvgIpc) is 2.50. The normalized spacial score (nSPS) is 19.5. The van der Waals surface area contributed by atoms with Crippen molar-refractivity contribution in [3.63, 3.8) is 0 Å². The summed E-state index contributed by atoms with van der Waals surface area (Å²) in [5.74, 6) is 1.14. The van der Waals surface area contributed by atoms with Crippen molar-refractivity contribution in [2.24, 2.45) is 0 Å². The second-order valence-electron chi connectivity index (χ2n) is 4.86. The third-order valence-corrected chi connectivity index (χ3v) is 4.43. The Morgan fingerprint density at radius 2 is 2.29 bits per heavy atom. The fourth-order valence-corrected chi connectivity index (χ4v) is 3.06. The lowest BCUT2D eigenvalue weighted by Crippen LogP contribution is -2.26. The number of rotatable bonds is 1. The minimum absolute atomic E-state index is 0.361. The number of pyridine rings is 1. The molecule has 0 saturated carbocycles. The number of anilines is 1. The van der Waals surface area contributed by atoms with Crippen LogP contribution in [0.4, 0.5) is 5.69 Å². The number of hydrogen-bond acceptors (Lipinski definition) is 4. The molecule has 90 valence electrons. The van der Waals surface area contributed by atoms with Gasteiger partial charge in [0.05, 0.1) is 0 Å². The van der Waals surface area contributed by atoms with Gasteiger partial charge in [-0.2, -0.15) is 17.0 Å². The van der Waals surface area contributed by atoms with Gasteiger partial charge in [-0.15, -0.1) is 0 Å². The fourth-order valence-electron chi connectivity index (χ4n) is 1.96. The molecule has 0 atom stereocenters. The van der Waals surface area contributed by atoms with Gasteiger partial charge in [0.1, 0.15) is 11.8 Å². The van der Waals surface area contributed by atoms with Crippen molar-refractivity contribution in [1.29, 1.82) is 5.26 Å². The Labute approximate surface area is 107 Å². The first-order valence-electron chi connectivity index (χ1n) is 5.86. The molecule has 3 nitrogen and oxygen atoms in total. The molecule has 0 N–H and O–H groups in total. The van der Waals surface area contributed by atoms with Gasteiger partial charge < -0.3 is 4.90 Å². The van der Waals surface area contributed by atoms with Crippen molar-refractivity contribution in [2.45, 2.75) is 25.0 Å². The van der Waals surface area contributed by atoms with E-state index in [2.05, 4.69) is 29.8 Å². The molecule has 0 spiro atoms. The summed E-state index contributed by atoms with van der Waals surface area (Å²) in [4.78, 5) is 6.36. The minimum Gasteiger partial charge on any atom is -0.371 e. The van der Waals surface area contributed by atoms with Gasteiger partial charge in [0, 0.05) is 35.5 Å². The molecule has 0 amide bonds. The lowest BCUT2D eigenvalue weighted by molar-refractivity contribution is 0.637. The summed E-state index contributed by atoms with van der Waals surface area (Å²) in [5, 5.41) is 8.86. The number of hydrogen-bond donors (Lipinski definition) is 0. The van der Waals surface area contributed by atoms with Gasteiger partial charge in [0.25, 0.3) is 0 Å². The highest BCUT2D eigenvalue weighted by atomic mass is 32.2. The summed E-state index contributed by atoms with van der Waals surface area (Å²) in [5.41, 5.74) is 1.62. The molecule has 1 aromatic heterocycles. The van der Waals surface area contributed by atoms with Crippen LogP contribution in [0.3, 0.4) is 0 Å². The van der Waals surface area contributed by atoms with Gasteiger partial charge in [0.2, 0.25) is 0 Å². The zero-order valence-electron chi connectivity index (χ0n) is 10.3. The molecule has 0 bridgehead atoms. The van der Waals surface area contributed by atoms with Crippen LogP contribution in [0.2, 0.25) is 0 Å². The van der Waals surface area contributed by atoms with Gasteiger partial charge in [-0.05, 0) is 18.6 Å². The van der Waals surface area contributed by atoms with Crippen LogP contribution in [-0.4, -0.2) is 28.6 Å². The first kappa shape index (κ1) is 12.3. The second kappa shape index (κ2) is 4.97. The lowest BCUT2D eigenvalue weighted by Gasteiger charge is -2.24. The molecule has 0 radical (unpaired) electrons. The van der Waals surface area contributed by atoms with E-state index in [4.69, 9.17) is 5.26 Å². The van der Waals surface area contributed by atoms with Crippen LogP contribution in [0.5, 0.6) is 0 Å². The van der Waals surface area contributed by atoms with Crippen LogP contribution in [0.1, 0.15) is 26.0 Å². The molecule has 1 fully saturated rings. The maximum absolute atomic E-state index is 8.86. The van der Waals surface area contributed by atoms with Crippen molar-refractivity contribution in [1.82, 2.24) is 4.98 Å². The molecule has 1 aromatic rings. The third-order valence-electron chi connectivity index (χ3n) is 3.06. The van der Waals surface area contributed by atoms with Crippen molar-refractivity contribution in [3.05, 3.63) is 24.0 Å². The lowest BCUT2D eigenvalue weighted by atomic mass is 10.1. The van der Waals surface area contributed by atoms with E-state index in [1.54, 1.807) is 6.20 Å². The van der Waals surface area contributed by atoms with Gasteiger partial charge in [-0.1, -0.05) is 13.8 Å². The molecule has 4 heteroatoms. The molecular formula is C13H17N3S. The quantitative estimate of drug-likeness (QED) is 0.765. The molecule has 2 rings (SSSR count). The zero-order valence-corrected chi connectivity index (χ0v) is 11.1. The monoisotopic (exact) mass is 247 g/mol. The highest BCUT2D eigenvalue weighted by Gasteiger charge is 2.23. The Kier molecular flexibility index (Phi) is 3.58. The Morgan fingerprint density at radius 3 is 3.06 bits per heavy atom. The molecule has 0 aliphatic carbocycles. The molecule has 1 aliphatic heterocycles. The van der Waals surface area contributed by atoms with E-state index >= 15 is 0 Å². The number of aromatic nitrogens is 1. The molecule has 1 aliphatic rings. The Bertz CT molecular complexity index is 437. The molecule has 0 unspecified atom stereocenters. The average molecular weight is 247 g/mol. The topological polar surface area (TPSA) is 39.9 Å². The summed E-state index contributed by atoms with van der Waals surface area (Å²) in [7, 11) is 0. The van der Waals surface area contributed by atoms with Gasteiger partial charge >= 0.3 is 0 Å². The van der Waals surface area contributed by atoms with Crippen molar-refractivity contribution in [2.75, 3.05) is 23.7 Å². The smallest absolute Gasteiger partial charge is 0.142 e. The third kappa shape index (κ3) is 3.13. The highest BCUT2D eigenvalue weighted by molar-refractivity contribution is 8.00. The molecule has 0 aromatic carbocycles. The van der Waals surface area contributed by atoms with Crippen LogP contribution in [-0.2, 0) is 0 Å². The Hall–Kier alpha value is -1.21. The molecule has 2 heterocycles. The summed E-state index contributed by atoms with van der Waals surface area (Å²) in [6.07, 6.45) is 2.89. The number of nitriles is 1. The van der Waals surface area contributed by atoms with E-state index < -0.39 is 0 Å². The maximum atomic E-state index is 8.86. The van der Waals surface area contributed by atoms with Gasteiger partial charge in [-0.25, -0.2) is 4.98 Å². The minimum atomic E-state index is 0.361. The zero-order chi connectivity index (χ0) is 12.3. The first-order valence-corrected chi connectivity index (χ1v) is 6.84. The van der Waals surface area contributed by atoms with Crippen LogP contribution in [0, 0.1) is 11.3 Å². The predicted molar refractivity (Wildman–Crippen MR) is 72.3 cm³/mol. The molecule has 17 heavy (non-hydrogen) atoms. The van der Waals surface area contributed by atoms with E-state index in [1.807, 2.05) is 23.9 Å². The van der Waals surface area contributed by atoms with Crippen LogP contribution >= 0.6 is 11.8 Å². The number of nitrogens with zero attached hydrogens (tertiary/aromatic N) is 3. The Morgan fingerprint density at radius 1 is 1.47 bits per heavy atom. The SMILES string of the molecule is CC1(C)CCN(c2ccnc(C#N)c2)CCS1. The van der Waals surface area contributed by atoms with Crippen molar-refractivity contribution in [3.8, 4) is 6.07 Å². The summed E-state index contributed by atoms with van der Waals surface area (Å²) < 4.78 is 0.361. The van der Waals surface area contributed by atoms with Crippen LogP contribution < -0.4 is 4.90 Å². The molecule has 1 saturated heterocycles. The standard InChI is InChI=1S/C13H17N3S/c1-13(2)4-6-16(7-8-17-13)12-3-5-15-11(9-12)10-14/h3,5,9H,4,6-8H2,1-2H3. The summed E-state index contributed by atoms with van der Waals surface area (Å²) in [6, 6.07) is 5.96. The molecular weight excluding hydrogens is 230 g/mol. The second-order valence-corrected chi connectivity index (χ2v) is 6.66. The van der Waals surface area contributed by atoms with Crippen LogP contribution in [0.25, 0.3) is 0 Å². The van der Waals surface area contributed by atoms with Crippen molar-refractivity contribution >= 4 is 17.4 Å². The largest absolute Gasteiger partial charge is 0.371 e. The van der Waals surface area contributed by atoms with Crippen molar-refractivity contribution < 1.29 is 0 Å². The summed E-state index contributed by atoms with van der Waals surface area (Å²) >= 11 is 2.03. The predicted octanol–water partition coefficient (Wildman–Crippen LogP) is 2.68. The van der Waals surface area contributed by atoms with E-state index in [1.165, 1.54) is 6.42 Å². The van der Waals surface area contributed by atoms with Gasteiger partial charge in [-0.3, -0.25) is 0 Å². The summed E-state index contributed by atoms with van der Waals surface area (Å²) in [6.45, 7) is 6.70. The Balaban J connectivity index is 2.14. The van der Waals surface area contributed by atoms with Gasteiger partial charge in [0.15, 0.2) is 0 Å². The maximum Gasteiger partial charge on any atom is 0.142 e. The van der Waals surface area contributed by atoms with E-state index in [0.29, 0.717) is 10.4 Å². The van der Waals surface area contributed by atoms with Crippen LogP contribution in [0.15, 0.2) is 18.3 Å². The number of thioether (sulfide) groups is 1. The fraction of sp³-hybridized carbons (Fsp3) is 0.538. The van der Waals surface area contributed by atoms with E-state index in [9.17, 15) is 0 Å². The van der Waals surface area contributed by atoms with E-state index in [0.717, 1.165) is 24.5 Å². The first-order chi connectivity index (χ1) is 8.11. The highest BCUT2D eigenvalue weighted by Crippen LogP contribution is 2.32. The van der Waals surface area contributed by atoms with E-state index in [-0.39, 0.29) is 0 Å².